The average molecular weight is 380 g/mol. The lowest BCUT2D eigenvalue weighted by atomic mass is 10.2. The minimum Gasteiger partial charge on any atom is -0.363 e. The Labute approximate surface area is 162 Å². The predicted molar refractivity (Wildman–Crippen MR) is 110 cm³/mol. The third-order valence-corrected chi connectivity index (χ3v) is 3.80. The van der Waals surface area contributed by atoms with Gasteiger partial charge in [0.05, 0.1) is 0 Å². The Morgan fingerprint density at radius 1 is 0.893 bits per heavy atom. The number of carbonyl (C=O) groups excluding carboxylic acids is 1. The van der Waals surface area contributed by atoms with Gasteiger partial charge in [-0.1, -0.05) is 0 Å². The highest BCUT2D eigenvalue weighted by atomic mass is 19.1. The SMILES string of the molecule is Cc1nc(Nc2ccc(NC(=O)Nc3ccc(F)cc3)cc2)cc(N(C)C)n1. The van der Waals surface area contributed by atoms with Crippen LogP contribution in [-0.4, -0.2) is 30.1 Å². The summed E-state index contributed by atoms with van der Waals surface area (Å²) in [6.07, 6.45) is 0. The molecule has 1 aromatic heterocycles. The molecule has 144 valence electrons. The van der Waals surface area contributed by atoms with Gasteiger partial charge in [-0.25, -0.2) is 19.2 Å². The minimum absolute atomic E-state index is 0.356. The molecule has 3 aromatic rings. The molecule has 0 radical (unpaired) electrons. The van der Waals surface area contributed by atoms with Gasteiger partial charge in [-0.2, -0.15) is 0 Å². The number of aromatic nitrogens is 2. The molecular weight excluding hydrogens is 359 g/mol. The van der Waals surface area contributed by atoms with Gasteiger partial charge in [0, 0.05) is 37.2 Å². The van der Waals surface area contributed by atoms with E-state index in [1.165, 1.54) is 24.3 Å². The van der Waals surface area contributed by atoms with E-state index < -0.39 is 6.03 Å². The van der Waals surface area contributed by atoms with E-state index >= 15 is 0 Å². The standard InChI is InChI=1S/C20H21FN6O/c1-13-22-18(12-19(23-13)27(2)3)24-15-8-10-17(11-9-15)26-20(28)25-16-6-4-14(21)5-7-16/h4-12H,1-3H3,(H,22,23,24)(H2,25,26,28). The van der Waals surface area contributed by atoms with Gasteiger partial charge in [0.1, 0.15) is 23.3 Å². The zero-order valence-corrected chi connectivity index (χ0v) is 15.8. The molecule has 7 nitrogen and oxygen atoms in total. The molecule has 0 fully saturated rings. The van der Waals surface area contributed by atoms with E-state index in [2.05, 4.69) is 25.9 Å². The highest BCUT2D eigenvalue weighted by Crippen LogP contribution is 2.20. The Hall–Kier alpha value is -3.68. The van der Waals surface area contributed by atoms with Crippen molar-refractivity contribution in [2.75, 3.05) is 34.9 Å². The van der Waals surface area contributed by atoms with Crippen LogP contribution in [0.5, 0.6) is 0 Å². The van der Waals surface area contributed by atoms with Crippen LogP contribution in [0.1, 0.15) is 5.82 Å². The number of urea groups is 1. The van der Waals surface area contributed by atoms with Crippen molar-refractivity contribution in [3.8, 4) is 0 Å². The van der Waals surface area contributed by atoms with Crippen molar-refractivity contribution in [2.45, 2.75) is 6.92 Å². The third kappa shape index (κ3) is 5.16. The van der Waals surface area contributed by atoms with Crippen molar-refractivity contribution < 1.29 is 9.18 Å². The van der Waals surface area contributed by atoms with E-state index in [1.54, 1.807) is 12.1 Å². The molecule has 1 heterocycles. The van der Waals surface area contributed by atoms with Gasteiger partial charge in [0.15, 0.2) is 0 Å². The van der Waals surface area contributed by atoms with Gasteiger partial charge < -0.3 is 20.9 Å². The first kappa shape index (κ1) is 19.1. The molecule has 0 saturated carbocycles. The fraction of sp³-hybridized carbons (Fsp3) is 0.150. The summed E-state index contributed by atoms with van der Waals surface area (Å²) in [5, 5.41) is 8.59. The fourth-order valence-corrected chi connectivity index (χ4v) is 2.46. The number of nitrogens with one attached hydrogen (secondary N) is 3. The summed E-state index contributed by atoms with van der Waals surface area (Å²) in [4.78, 5) is 22.7. The Bertz CT molecular complexity index is 957. The van der Waals surface area contributed by atoms with Crippen molar-refractivity contribution in [3.05, 3.63) is 66.2 Å². The number of hydrogen-bond acceptors (Lipinski definition) is 5. The number of amides is 2. The summed E-state index contributed by atoms with van der Waals surface area (Å²) >= 11 is 0. The topological polar surface area (TPSA) is 82.2 Å². The number of rotatable bonds is 5. The van der Waals surface area contributed by atoms with Gasteiger partial charge in [-0.05, 0) is 55.5 Å². The average Bonchev–Trinajstić information content (AvgIpc) is 2.65. The molecule has 0 unspecified atom stereocenters. The van der Waals surface area contributed by atoms with E-state index in [4.69, 9.17) is 0 Å². The summed E-state index contributed by atoms with van der Waals surface area (Å²) in [7, 11) is 3.84. The number of nitrogens with zero attached hydrogens (tertiary/aromatic N) is 3. The maximum atomic E-state index is 12.9. The van der Waals surface area contributed by atoms with Crippen molar-refractivity contribution in [2.24, 2.45) is 0 Å². The summed E-state index contributed by atoms with van der Waals surface area (Å²) in [6, 6.07) is 14.2. The van der Waals surface area contributed by atoms with Crippen LogP contribution < -0.4 is 20.9 Å². The molecule has 0 bridgehead atoms. The molecule has 2 aromatic carbocycles. The number of benzene rings is 2. The maximum absolute atomic E-state index is 12.9. The molecule has 0 spiro atoms. The molecular formula is C20H21FN6O. The lowest BCUT2D eigenvalue weighted by molar-refractivity contribution is 0.262. The molecule has 0 aliphatic heterocycles. The second-order valence-electron chi connectivity index (χ2n) is 6.34. The van der Waals surface area contributed by atoms with Crippen LogP contribution >= 0.6 is 0 Å². The first-order valence-corrected chi connectivity index (χ1v) is 8.63. The fourth-order valence-electron chi connectivity index (χ4n) is 2.46. The van der Waals surface area contributed by atoms with Crippen LogP contribution in [0.3, 0.4) is 0 Å². The molecule has 28 heavy (non-hydrogen) atoms. The quantitative estimate of drug-likeness (QED) is 0.612. The molecule has 8 heteroatoms. The maximum Gasteiger partial charge on any atom is 0.323 e. The number of hydrogen-bond donors (Lipinski definition) is 3. The van der Waals surface area contributed by atoms with E-state index in [1.807, 2.05) is 44.1 Å². The van der Waals surface area contributed by atoms with Crippen LogP contribution in [0.2, 0.25) is 0 Å². The highest BCUT2D eigenvalue weighted by molar-refractivity contribution is 5.99. The zero-order chi connectivity index (χ0) is 20.1. The molecule has 3 N–H and O–H groups in total. The van der Waals surface area contributed by atoms with Crippen LogP contribution in [0.25, 0.3) is 0 Å². The monoisotopic (exact) mass is 380 g/mol. The van der Waals surface area contributed by atoms with E-state index in [0.717, 1.165) is 11.5 Å². The lowest BCUT2D eigenvalue weighted by Gasteiger charge is -2.14. The van der Waals surface area contributed by atoms with Crippen molar-refractivity contribution in [1.29, 1.82) is 0 Å². The van der Waals surface area contributed by atoms with E-state index in [9.17, 15) is 9.18 Å². The van der Waals surface area contributed by atoms with Crippen LogP contribution in [0.4, 0.5) is 37.9 Å². The first-order chi connectivity index (χ1) is 13.4. The summed E-state index contributed by atoms with van der Waals surface area (Å²) in [5.74, 6) is 1.81. The largest absolute Gasteiger partial charge is 0.363 e. The Balaban J connectivity index is 1.62. The lowest BCUT2D eigenvalue weighted by Crippen LogP contribution is -2.19. The molecule has 3 rings (SSSR count). The van der Waals surface area contributed by atoms with Gasteiger partial charge in [0.25, 0.3) is 0 Å². The van der Waals surface area contributed by atoms with Crippen molar-refractivity contribution >= 4 is 34.7 Å². The number of carbonyl (C=O) groups is 1. The first-order valence-electron chi connectivity index (χ1n) is 8.63. The van der Waals surface area contributed by atoms with Crippen LogP contribution in [-0.2, 0) is 0 Å². The molecule has 0 atom stereocenters. The third-order valence-electron chi connectivity index (χ3n) is 3.80. The summed E-state index contributed by atoms with van der Waals surface area (Å²) in [5.41, 5.74) is 1.96. The second kappa shape index (κ2) is 8.34. The highest BCUT2D eigenvalue weighted by Gasteiger charge is 2.06. The molecule has 0 aliphatic carbocycles. The van der Waals surface area contributed by atoms with Crippen molar-refractivity contribution in [3.63, 3.8) is 0 Å². The van der Waals surface area contributed by atoms with Gasteiger partial charge in [0.2, 0.25) is 0 Å². The molecule has 0 aliphatic rings. The second-order valence-corrected chi connectivity index (χ2v) is 6.34. The van der Waals surface area contributed by atoms with Crippen LogP contribution in [0, 0.1) is 12.7 Å². The predicted octanol–water partition coefficient (Wildman–Crippen LogP) is 4.38. The molecule has 2 amide bonds. The van der Waals surface area contributed by atoms with Gasteiger partial charge >= 0.3 is 6.03 Å². The van der Waals surface area contributed by atoms with Gasteiger partial charge in [-0.3, -0.25) is 0 Å². The number of aryl methyl sites for hydroxylation is 1. The van der Waals surface area contributed by atoms with E-state index in [0.29, 0.717) is 23.0 Å². The Kier molecular flexibility index (Phi) is 5.69. The Morgan fingerprint density at radius 2 is 1.43 bits per heavy atom. The van der Waals surface area contributed by atoms with Crippen molar-refractivity contribution in [1.82, 2.24) is 9.97 Å². The summed E-state index contributed by atoms with van der Waals surface area (Å²) in [6.45, 7) is 1.84. The van der Waals surface area contributed by atoms with Crippen LogP contribution in [0.15, 0.2) is 54.6 Å². The Morgan fingerprint density at radius 3 is 2.00 bits per heavy atom. The number of anilines is 5. The smallest absolute Gasteiger partial charge is 0.323 e. The minimum atomic E-state index is -0.408. The summed E-state index contributed by atoms with van der Waals surface area (Å²) < 4.78 is 12.9. The number of halogens is 1. The molecule has 0 saturated heterocycles. The van der Waals surface area contributed by atoms with Gasteiger partial charge in [-0.15, -0.1) is 0 Å². The zero-order valence-electron chi connectivity index (χ0n) is 15.8. The normalized spacial score (nSPS) is 10.3. The van der Waals surface area contributed by atoms with E-state index in [-0.39, 0.29) is 5.82 Å².